The van der Waals surface area contributed by atoms with Gasteiger partial charge in [0.1, 0.15) is 11.6 Å². The quantitative estimate of drug-likeness (QED) is 0.802. The van der Waals surface area contributed by atoms with Crippen molar-refractivity contribution in [1.82, 2.24) is 9.88 Å². The molecule has 0 atom stereocenters. The number of amides is 1. The van der Waals surface area contributed by atoms with Gasteiger partial charge in [-0.25, -0.2) is 4.98 Å². The number of nitriles is 1. The van der Waals surface area contributed by atoms with Crippen LogP contribution in [-0.4, -0.2) is 49.1 Å². The van der Waals surface area contributed by atoms with Gasteiger partial charge in [0, 0.05) is 32.4 Å². The number of hydrogen-bond donors (Lipinski definition) is 0. The van der Waals surface area contributed by atoms with Crippen LogP contribution in [0.15, 0.2) is 42.6 Å². The van der Waals surface area contributed by atoms with Crippen LogP contribution in [0.4, 0.5) is 5.82 Å². The highest BCUT2D eigenvalue weighted by Crippen LogP contribution is 2.39. The number of aromatic nitrogens is 1. The summed E-state index contributed by atoms with van der Waals surface area (Å²) in [6.45, 7) is 2.92. The minimum absolute atomic E-state index is 0.237. The lowest BCUT2D eigenvalue weighted by Crippen LogP contribution is -2.65. The van der Waals surface area contributed by atoms with Gasteiger partial charge in [-0.05, 0) is 49.1 Å². The minimum Gasteiger partial charge on any atom is -0.497 e. The molecule has 0 saturated carbocycles. The molecule has 0 bridgehead atoms. The van der Waals surface area contributed by atoms with Crippen LogP contribution < -0.4 is 9.64 Å². The SMILES string of the molecule is COc1cccc(CC2(C(=O)N3CCCC3)CN(c3cc(C#N)ccn3)C2)c1. The van der Waals surface area contributed by atoms with E-state index in [-0.39, 0.29) is 5.91 Å². The molecule has 2 fully saturated rings. The molecule has 1 aromatic carbocycles. The lowest BCUT2D eigenvalue weighted by atomic mass is 9.73. The molecule has 0 N–H and O–H groups in total. The highest BCUT2D eigenvalue weighted by molar-refractivity contribution is 5.87. The van der Waals surface area contributed by atoms with Gasteiger partial charge in [0.2, 0.25) is 5.91 Å². The van der Waals surface area contributed by atoms with Crippen molar-refractivity contribution in [3.63, 3.8) is 0 Å². The molecule has 4 rings (SSSR count). The molecular weight excluding hydrogens is 352 g/mol. The summed E-state index contributed by atoms with van der Waals surface area (Å²) < 4.78 is 5.35. The fraction of sp³-hybridized carbons (Fsp3) is 0.409. The van der Waals surface area contributed by atoms with Crippen LogP contribution in [-0.2, 0) is 11.2 Å². The Bertz CT molecular complexity index is 909. The lowest BCUT2D eigenvalue weighted by Gasteiger charge is -2.51. The van der Waals surface area contributed by atoms with Gasteiger partial charge in [0.25, 0.3) is 0 Å². The Morgan fingerprint density at radius 2 is 2.04 bits per heavy atom. The van der Waals surface area contributed by atoms with Crippen LogP contribution in [0.2, 0.25) is 0 Å². The number of benzene rings is 1. The van der Waals surface area contributed by atoms with Crippen LogP contribution in [0.5, 0.6) is 5.75 Å². The fourth-order valence-electron chi connectivity index (χ4n) is 4.26. The Hall–Kier alpha value is -3.07. The van der Waals surface area contributed by atoms with Crippen LogP contribution in [0.25, 0.3) is 0 Å². The molecule has 144 valence electrons. The standard InChI is InChI=1S/C22H24N4O2/c1-28-19-6-4-5-17(11-19)13-22(21(27)25-9-2-3-10-25)15-26(16-22)20-12-18(14-23)7-8-24-20/h4-8,11-12H,2-3,9-10,13,15-16H2,1H3. The lowest BCUT2D eigenvalue weighted by molar-refractivity contribution is -0.142. The molecular formula is C22H24N4O2. The van der Waals surface area contributed by atoms with Crippen molar-refractivity contribution in [3.05, 3.63) is 53.7 Å². The Morgan fingerprint density at radius 3 is 2.75 bits per heavy atom. The zero-order valence-corrected chi connectivity index (χ0v) is 16.1. The second-order valence-electron chi connectivity index (χ2n) is 7.68. The van der Waals surface area contributed by atoms with Gasteiger partial charge < -0.3 is 14.5 Å². The number of rotatable bonds is 5. The molecule has 0 radical (unpaired) electrons. The van der Waals surface area contributed by atoms with Crippen molar-refractivity contribution in [3.8, 4) is 11.8 Å². The van der Waals surface area contributed by atoms with Crippen LogP contribution in [0.3, 0.4) is 0 Å². The van der Waals surface area contributed by atoms with Crippen molar-refractivity contribution in [1.29, 1.82) is 5.26 Å². The molecule has 2 aromatic rings. The molecule has 0 unspecified atom stereocenters. The Morgan fingerprint density at radius 1 is 1.25 bits per heavy atom. The predicted molar refractivity (Wildman–Crippen MR) is 106 cm³/mol. The molecule has 0 aliphatic carbocycles. The number of methoxy groups -OCH3 is 1. The number of anilines is 1. The molecule has 2 aliphatic heterocycles. The maximum atomic E-state index is 13.4. The van der Waals surface area contributed by atoms with E-state index >= 15 is 0 Å². The average Bonchev–Trinajstić information content (AvgIpc) is 3.25. The summed E-state index contributed by atoms with van der Waals surface area (Å²) in [6.07, 6.45) is 4.49. The molecule has 6 nitrogen and oxygen atoms in total. The van der Waals surface area contributed by atoms with E-state index in [1.807, 2.05) is 23.1 Å². The first-order valence-electron chi connectivity index (χ1n) is 9.67. The van der Waals surface area contributed by atoms with E-state index in [0.29, 0.717) is 25.1 Å². The highest BCUT2D eigenvalue weighted by atomic mass is 16.5. The van der Waals surface area contributed by atoms with Gasteiger partial charge in [-0.15, -0.1) is 0 Å². The zero-order valence-electron chi connectivity index (χ0n) is 16.1. The smallest absolute Gasteiger partial charge is 0.232 e. The zero-order chi connectivity index (χ0) is 19.6. The van der Waals surface area contributed by atoms with Crippen molar-refractivity contribution in [2.75, 3.05) is 38.2 Å². The predicted octanol–water partition coefficient (Wildman–Crippen LogP) is 2.63. The molecule has 3 heterocycles. The molecule has 0 spiro atoms. The van der Waals surface area contributed by atoms with Crippen molar-refractivity contribution >= 4 is 11.7 Å². The first-order chi connectivity index (χ1) is 13.6. The van der Waals surface area contributed by atoms with Gasteiger partial charge in [0.05, 0.1) is 24.2 Å². The third-order valence-corrected chi connectivity index (χ3v) is 5.71. The number of carbonyl (C=O) groups excluding carboxylic acids is 1. The Balaban J connectivity index is 1.58. The number of nitrogens with zero attached hydrogens (tertiary/aromatic N) is 4. The third-order valence-electron chi connectivity index (χ3n) is 5.71. The number of hydrogen-bond acceptors (Lipinski definition) is 5. The first kappa shape index (κ1) is 18.3. The van der Waals surface area contributed by atoms with Crippen LogP contribution in [0, 0.1) is 16.7 Å². The van der Waals surface area contributed by atoms with Gasteiger partial charge in [-0.2, -0.15) is 5.26 Å². The van der Waals surface area contributed by atoms with E-state index in [1.165, 1.54) is 0 Å². The van der Waals surface area contributed by atoms with Crippen LogP contribution >= 0.6 is 0 Å². The average molecular weight is 376 g/mol. The topological polar surface area (TPSA) is 69.5 Å². The van der Waals surface area contributed by atoms with E-state index < -0.39 is 5.41 Å². The van der Waals surface area contributed by atoms with Gasteiger partial charge in [-0.3, -0.25) is 4.79 Å². The number of likely N-dealkylation sites (tertiary alicyclic amines) is 1. The largest absolute Gasteiger partial charge is 0.497 e. The van der Waals surface area contributed by atoms with E-state index in [1.54, 1.807) is 25.4 Å². The van der Waals surface area contributed by atoms with Crippen molar-refractivity contribution in [2.24, 2.45) is 5.41 Å². The fourth-order valence-corrected chi connectivity index (χ4v) is 4.26. The summed E-state index contributed by atoms with van der Waals surface area (Å²) >= 11 is 0. The summed E-state index contributed by atoms with van der Waals surface area (Å²) in [5.74, 6) is 1.80. The molecule has 2 saturated heterocycles. The normalized spacial score (nSPS) is 17.7. The van der Waals surface area contributed by atoms with E-state index in [4.69, 9.17) is 10.00 Å². The molecule has 1 aromatic heterocycles. The van der Waals surface area contributed by atoms with Gasteiger partial charge in [-0.1, -0.05) is 12.1 Å². The molecule has 2 aliphatic rings. The number of carbonyl (C=O) groups is 1. The van der Waals surface area contributed by atoms with E-state index in [9.17, 15) is 4.79 Å². The van der Waals surface area contributed by atoms with Crippen molar-refractivity contribution < 1.29 is 9.53 Å². The monoisotopic (exact) mass is 376 g/mol. The highest BCUT2D eigenvalue weighted by Gasteiger charge is 2.51. The third kappa shape index (κ3) is 3.40. The Kier molecular flexibility index (Phi) is 4.91. The first-order valence-corrected chi connectivity index (χ1v) is 9.67. The Labute approximate surface area is 165 Å². The van der Waals surface area contributed by atoms with Crippen LogP contribution in [0.1, 0.15) is 24.0 Å². The van der Waals surface area contributed by atoms with Crippen molar-refractivity contribution in [2.45, 2.75) is 19.3 Å². The van der Waals surface area contributed by atoms with E-state index in [0.717, 1.165) is 43.1 Å². The van der Waals surface area contributed by atoms with Gasteiger partial charge >= 0.3 is 0 Å². The number of pyridine rings is 1. The maximum absolute atomic E-state index is 13.4. The summed E-state index contributed by atoms with van der Waals surface area (Å²) in [7, 11) is 1.66. The molecule has 28 heavy (non-hydrogen) atoms. The summed E-state index contributed by atoms with van der Waals surface area (Å²) in [4.78, 5) is 21.9. The maximum Gasteiger partial charge on any atom is 0.232 e. The minimum atomic E-state index is -0.457. The molecule has 1 amide bonds. The second-order valence-corrected chi connectivity index (χ2v) is 7.68. The van der Waals surface area contributed by atoms with Gasteiger partial charge in [0.15, 0.2) is 0 Å². The van der Waals surface area contributed by atoms with E-state index in [2.05, 4.69) is 22.0 Å². The summed E-state index contributed by atoms with van der Waals surface area (Å²) in [6, 6.07) is 13.6. The second kappa shape index (κ2) is 7.51. The number of ether oxygens (including phenoxy) is 1. The summed E-state index contributed by atoms with van der Waals surface area (Å²) in [5.41, 5.74) is 1.23. The summed E-state index contributed by atoms with van der Waals surface area (Å²) in [5, 5.41) is 9.14. The molecule has 6 heteroatoms.